The van der Waals surface area contributed by atoms with Gasteiger partial charge in [-0.15, -0.1) is 0 Å². The van der Waals surface area contributed by atoms with Crippen molar-refractivity contribution in [3.05, 3.63) is 42.7 Å². The Bertz CT molecular complexity index is 1040. The number of fused-ring (bicyclic) bond motifs is 1. The molecule has 3 heterocycles. The number of nitrogens with one attached hydrogen (secondary N) is 1. The Labute approximate surface area is 151 Å². The van der Waals surface area contributed by atoms with Crippen molar-refractivity contribution >= 4 is 21.1 Å². The molecule has 1 aromatic carbocycles. The lowest BCUT2D eigenvalue weighted by atomic mass is 10.1. The van der Waals surface area contributed by atoms with Gasteiger partial charge in [-0.1, -0.05) is 0 Å². The molecule has 8 heteroatoms. The van der Waals surface area contributed by atoms with Gasteiger partial charge in [0.1, 0.15) is 11.4 Å². The molecule has 2 aromatic heterocycles. The Morgan fingerprint density at radius 3 is 2.77 bits per heavy atom. The zero-order valence-corrected chi connectivity index (χ0v) is 15.1. The Hall–Kier alpha value is -2.42. The fraction of sp³-hybridized carbons (Fsp3) is 0.278. The van der Waals surface area contributed by atoms with Crippen LogP contribution in [-0.4, -0.2) is 56.1 Å². The van der Waals surface area contributed by atoms with Gasteiger partial charge in [-0.3, -0.25) is 0 Å². The molecule has 0 saturated carbocycles. The molecule has 4 rings (SSSR count). The van der Waals surface area contributed by atoms with Crippen LogP contribution in [0.15, 0.2) is 47.6 Å². The monoisotopic (exact) mass is 373 g/mol. The first-order valence-electron chi connectivity index (χ1n) is 8.29. The van der Waals surface area contributed by atoms with E-state index in [-0.39, 0.29) is 4.90 Å². The van der Waals surface area contributed by atoms with E-state index in [1.54, 1.807) is 31.5 Å². The number of hydrogen-bond donors (Lipinski definition) is 1. The lowest BCUT2D eigenvalue weighted by molar-refractivity contribution is 0.0730. The van der Waals surface area contributed by atoms with Crippen LogP contribution in [0.1, 0.15) is 0 Å². The van der Waals surface area contributed by atoms with Gasteiger partial charge in [-0.2, -0.15) is 4.31 Å². The third-order valence-corrected chi connectivity index (χ3v) is 6.38. The van der Waals surface area contributed by atoms with Crippen molar-refractivity contribution < 1.29 is 17.9 Å². The third-order valence-electron chi connectivity index (χ3n) is 4.49. The van der Waals surface area contributed by atoms with Crippen LogP contribution in [0.5, 0.6) is 5.75 Å². The highest BCUT2D eigenvalue weighted by molar-refractivity contribution is 7.89. The van der Waals surface area contributed by atoms with Gasteiger partial charge in [0.2, 0.25) is 10.0 Å². The normalized spacial score (nSPS) is 16.0. The second-order valence-corrected chi connectivity index (χ2v) is 7.96. The number of H-pyrrole nitrogens is 1. The highest BCUT2D eigenvalue weighted by atomic mass is 32.2. The van der Waals surface area contributed by atoms with E-state index in [0.717, 1.165) is 16.6 Å². The largest absolute Gasteiger partial charge is 0.496 e. The minimum Gasteiger partial charge on any atom is -0.496 e. The van der Waals surface area contributed by atoms with Crippen molar-refractivity contribution in [2.75, 3.05) is 33.4 Å². The van der Waals surface area contributed by atoms with E-state index >= 15 is 0 Å². The number of nitrogens with zero attached hydrogens (tertiary/aromatic N) is 2. The first-order valence-corrected chi connectivity index (χ1v) is 9.73. The fourth-order valence-corrected chi connectivity index (χ4v) is 4.53. The number of morpholine rings is 1. The summed E-state index contributed by atoms with van der Waals surface area (Å²) in [4.78, 5) is 7.68. The molecule has 1 N–H and O–H groups in total. The van der Waals surface area contributed by atoms with Gasteiger partial charge < -0.3 is 14.5 Å². The van der Waals surface area contributed by atoms with E-state index in [4.69, 9.17) is 9.47 Å². The molecule has 0 radical (unpaired) electrons. The van der Waals surface area contributed by atoms with Crippen LogP contribution in [0.3, 0.4) is 0 Å². The average molecular weight is 373 g/mol. The zero-order chi connectivity index (χ0) is 18.1. The standard InChI is InChI=1S/C18H19N3O4S/c1-24-17-3-2-15(26(22,23)21-6-8-25-9-7-21)11-16(17)14-10-13-4-5-19-18(13)20-12-14/h2-5,10-12H,6-9H2,1H3,(H,19,20). The molecule has 136 valence electrons. The SMILES string of the molecule is COc1ccc(S(=O)(=O)N2CCOCC2)cc1-c1cnc2[nH]ccc2c1. The van der Waals surface area contributed by atoms with Gasteiger partial charge in [-0.25, -0.2) is 13.4 Å². The van der Waals surface area contributed by atoms with Crippen molar-refractivity contribution in [2.45, 2.75) is 4.90 Å². The molecule has 0 atom stereocenters. The Morgan fingerprint density at radius 2 is 2.00 bits per heavy atom. The highest BCUT2D eigenvalue weighted by Crippen LogP contribution is 2.34. The Balaban J connectivity index is 1.80. The summed E-state index contributed by atoms with van der Waals surface area (Å²) < 4.78 is 38.1. The van der Waals surface area contributed by atoms with Crippen molar-refractivity contribution in [3.63, 3.8) is 0 Å². The van der Waals surface area contributed by atoms with Crippen LogP contribution >= 0.6 is 0 Å². The second kappa shape index (κ2) is 6.71. The molecule has 1 fully saturated rings. The lowest BCUT2D eigenvalue weighted by Gasteiger charge is -2.26. The molecule has 0 aliphatic carbocycles. The summed E-state index contributed by atoms with van der Waals surface area (Å²) in [6, 6.07) is 8.80. The number of rotatable bonds is 4. The molecule has 1 aliphatic rings. The van der Waals surface area contributed by atoms with Gasteiger partial charge in [-0.05, 0) is 30.3 Å². The summed E-state index contributed by atoms with van der Waals surface area (Å²) in [5, 5.41) is 0.950. The van der Waals surface area contributed by atoms with Crippen molar-refractivity contribution in [3.8, 4) is 16.9 Å². The smallest absolute Gasteiger partial charge is 0.243 e. The predicted molar refractivity (Wildman–Crippen MR) is 97.7 cm³/mol. The molecule has 0 bridgehead atoms. The number of ether oxygens (including phenoxy) is 2. The quantitative estimate of drug-likeness (QED) is 0.758. The average Bonchev–Trinajstić information content (AvgIpc) is 3.16. The summed E-state index contributed by atoms with van der Waals surface area (Å²) in [6.07, 6.45) is 3.53. The molecule has 26 heavy (non-hydrogen) atoms. The van der Waals surface area contributed by atoms with E-state index in [1.807, 2.05) is 18.3 Å². The van der Waals surface area contributed by atoms with Gasteiger partial charge in [0.25, 0.3) is 0 Å². The minimum absolute atomic E-state index is 0.240. The van der Waals surface area contributed by atoms with Crippen LogP contribution in [0.2, 0.25) is 0 Å². The summed E-state index contributed by atoms with van der Waals surface area (Å²) in [5.41, 5.74) is 2.27. The molecule has 1 aliphatic heterocycles. The lowest BCUT2D eigenvalue weighted by Crippen LogP contribution is -2.40. The summed E-state index contributed by atoms with van der Waals surface area (Å²) in [5.74, 6) is 0.600. The predicted octanol–water partition coefficient (Wildman–Crippen LogP) is 2.26. The van der Waals surface area contributed by atoms with Crippen LogP contribution in [0, 0.1) is 0 Å². The number of aromatic amines is 1. The molecule has 1 saturated heterocycles. The van der Waals surface area contributed by atoms with Crippen molar-refractivity contribution in [1.82, 2.24) is 14.3 Å². The zero-order valence-electron chi connectivity index (χ0n) is 14.3. The van der Waals surface area contributed by atoms with E-state index in [1.165, 1.54) is 4.31 Å². The summed E-state index contributed by atoms with van der Waals surface area (Å²) in [6.45, 7) is 1.55. The van der Waals surface area contributed by atoms with Crippen LogP contribution < -0.4 is 4.74 Å². The molecule has 7 nitrogen and oxygen atoms in total. The summed E-state index contributed by atoms with van der Waals surface area (Å²) >= 11 is 0. The van der Waals surface area contributed by atoms with E-state index < -0.39 is 10.0 Å². The first kappa shape index (κ1) is 17.0. The van der Waals surface area contributed by atoms with Crippen LogP contribution in [-0.2, 0) is 14.8 Å². The number of sulfonamides is 1. The molecule has 0 unspecified atom stereocenters. The second-order valence-electron chi connectivity index (χ2n) is 6.02. The molecular formula is C18H19N3O4S. The topological polar surface area (TPSA) is 84.5 Å². The number of aromatic nitrogens is 2. The number of benzene rings is 1. The van der Waals surface area contributed by atoms with E-state index in [0.29, 0.717) is 37.6 Å². The van der Waals surface area contributed by atoms with E-state index in [9.17, 15) is 8.42 Å². The third kappa shape index (κ3) is 2.96. The highest BCUT2D eigenvalue weighted by Gasteiger charge is 2.27. The van der Waals surface area contributed by atoms with E-state index in [2.05, 4.69) is 9.97 Å². The van der Waals surface area contributed by atoms with Crippen LogP contribution in [0.4, 0.5) is 0 Å². The maximum absolute atomic E-state index is 13.0. The Morgan fingerprint density at radius 1 is 1.19 bits per heavy atom. The first-order chi connectivity index (χ1) is 12.6. The van der Waals surface area contributed by atoms with Gasteiger partial charge >= 0.3 is 0 Å². The van der Waals surface area contributed by atoms with Gasteiger partial charge in [0.15, 0.2) is 0 Å². The molecule has 3 aromatic rings. The maximum atomic E-state index is 13.0. The van der Waals surface area contributed by atoms with Crippen molar-refractivity contribution in [1.29, 1.82) is 0 Å². The van der Waals surface area contributed by atoms with Gasteiger partial charge in [0.05, 0.1) is 25.2 Å². The number of pyridine rings is 1. The molecule has 0 amide bonds. The molecule has 0 spiro atoms. The fourth-order valence-electron chi connectivity index (χ4n) is 3.10. The van der Waals surface area contributed by atoms with Crippen LogP contribution in [0.25, 0.3) is 22.2 Å². The van der Waals surface area contributed by atoms with Crippen molar-refractivity contribution in [2.24, 2.45) is 0 Å². The maximum Gasteiger partial charge on any atom is 0.243 e. The Kier molecular flexibility index (Phi) is 4.39. The number of hydrogen-bond acceptors (Lipinski definition) is 5. The minimum atomic E-state index is -3.58. The number of methoxy groups -OCH3 is 1. The molecular weight excluding hydrogens is 354 g/mol. The summed E-state index contributed by atoms with van der Waals surface area (Å²) in [7, 11) is -2.01. The van der Waals surface area contributed by atoms with Gasteiger partial charge in [0, 0.05) is 42.0 Å².